The Bertz CT molecular complexity index is 775. The van der Waals surface area contributed by atoms with Crippen LogP contribution in [-0.4, -0.2) is 51.6 Å². The summed E-state index contributed by atoms with van der Waals surface area (Å²) in [4.78, 5) is 24.6. The summed E-state index contributed by atoms with van der Waals surface area (Å²) in [5.41, 5.74) is 2.19. The third-order valence-electron chi connectivity index (χ3n) is 6.60. The molecule has 1 rings (SSSR count). The molecule has 0 saturated heterocycles. The standard InChI is InChI=1S/C30H54N4O4/c1-6-9-13-24(4)22-37-19-11-18-32-30(36)34-28-21-27(16-15-25(28)5)33-29(35)31-17-12-20-38-23-26(8-3)14-10-7-2/h15-16,21,24,26H,6-14,17-20,22-23H2,1-5H3,(H2,31,33,35)(H2,32,34,36). The van der Waals surface area contributed by atoms with E-state index in [0.717, 1.165) is 38.0 Å². The molecule has 0 spiro atoms. The molecule has 0 fully saturated rings. The number of nitrogens with one attached hydrogen (secondary N) is 4. The minimum atomic E-state index is -0.275. The third-order valence-corrected chi connectivity index (χ3v) is 6.60. The summed E-state index contributed by atoms with van der Waals surface area (Å²) in [6, 6.07) is 4.91. The molecule has 0 radical (unpaired) electrons. The fourth-order valence-electron chi connectivity index (χ4n) is 4.00. The van der Waals surface area contributed by atoms with E-state index in [9.17, 15) is 9.59 Å². The zero-order valence-corrected chi connectivity index (χ0v) is 24.6. The molecule has 0 heterocycles. The summed E-state index contributed by atoms with van der Waals surface area (Å²) in [5, 5.41) is 11.4. The maximum absolute atomic E-state index is 12.3. The number of carbonyl (C=O) groups excluding carboxylic acids is 2. The normalized spacial score (nSPS) is 12.6. The van der Waals surface area contributed by atoms with Crippen molar-refractivity contribution in [1.29, 1.82) is 0 Å². The van der Waals surface area contributed by atoms with Crippen molar-refractivity contribution in [3.63, 3.8) is 0 Å². The van der Waals surface area contributed by atoms with Gasteiger partial charge < -0.3 is 30.7 Å². The maximum atomic E-state index is 12.3. The molecule has 0 aliphatic heterocycles. The fraction of sp³-hybridized carbons (Fsp3) is 0.733. The largest absolute Gasteiger partial charge is 0.381 e. The molecule has 1 aromatic carbocycles. The van der Waals surface area contributed by atoms with Crippen molar-refractivity contribution in [2.75, 3.05) is 50.2 Å². The fourth-order valence-corrected chi connectivity index (χ4v) is 4.00. The first-order valence-corrected chi connectivity index (χ1v) is 14.7. The maximum Gasteiger partial charge on any atom is 0.319 e. The van der Waals surface area contributed by atoms with Gasteiger partial charge in [0.2, 0.25) is 0 Å². The van der Waals surface area contributed by atoms with Gasteiger partial charge in [0.25, 0.3) is 0 Å². The van der Waals surface area contributed by atoms with Crippen LogP contribution < -0.4 is 21.3 Å². The van der Waals surface area contributed by atoms with Crippen LogP contribution in [-0.2, 0) is 9.47 Å². The Kier molecular flexibility index (Phi) is 19.2. The Balaban J connectivity index is 2.26. The monoisotopic (exact) mass is 534 g/mol. The van der Waals surface area contributed by atoms with Gasteiger partial charge in [0.1, 0.15) is 0 Å². The molecule has 0 bridgehead atoms. The lowest BCUT2D eigenvalue weighted by Crippen LogP contribution is -2.31. The third kappa shape index (κ3) is 16.5. The van der Waals surface area contributed by atoms with Gasteiger partial charge in [-0.3, -0.25) is 0 Å². The summed E-state index contributed by atoms with van der Waals surface area (Å²) >= 11 is 0. The summed E-state index contributed by atoms with van der Waals surface area (Å²) in [6.07, 6.45) is 10.00. The number of amides is 4. The number of carbonyl (C=O) groups is 2. The summed E-state index contributed by atoms with van der Waals surface area (Å²) < 4.78 is 11.5. The molecule has 4 amide bonds. The van der Waals surface area contributed by atoms with Crippen molar-refractivity contribution in [1.82, 2.24) is 10.6 Å². The number of unbranched alkanes of at least 4 members (excludes halogenated alkanes) is 2. The minimum absolute atomic E-state index is 0.272. The van der Waals surface area contributed by atoms with E-state index in [1.54, 1.807) is 6.07 Å². The van der Waals surface area contributed by atoms with Crippen LogP contribution in [0.4, 0.5) is 21.0 Å². The van der Waals surface area contributed by atoms with Crippen molar-refractivity contribution in [2.45, 2.75) is 92.4 Å². The molecule has 0 aliphatic carbocycles. The lowest BCUT2D eigenvalue weighted by Gasteiger charge is -2.15. The molecule has 2 unspecified atom stereocenters. The molecule has 218 valence electrons. The number of urea groups is 2. The lowest BCUT2D eigenvalue weighted by molar-refractivity contribution is 0.0925. The molecule has 0 aliphatic rings. The number of hydrogen-bond acceptors (Lipinski definition) is 4. The van der Waals surface area contributed by atoms with Gasteiger partial charge >= 0.3 is 12.1 Å². The van der Waals surface area contributed by atoms with E-state index in [2.05, 4.69) is 49.0 Å². The Hall–Kier alpha value is -2.32. The minimum Gasteiger partial charge on any atom is -0.381 e. The number of rotatable bonds is 21. The molecule has 0 aromatic heterocycles. The number of anilines is 2. The number of aryl methyl sites for hydroxylation is 1. The zero-order chi connectivity index (χ0) is 28.0. The van der Waals surface area contributed by atoms with Gasteiger partial charge in [-0.15, -0.1) is 0 Å². The second-order valence-corrected chi connectivity index (χ2v) is 10.3. The average Bonchev–Trinajstić information content (AvgIpc) is 2.90. The highest BCUT2D eigenvalue weighted by Crippen LogP contribution is 2.20. The summed E-state index contributed by atoms with van der Waals surface area (Å²) in [5.74, 6) is 1.20. The number of ether oxygens (including phenoxy) is 2. The van der Waals surface area contributed by atoms with E-state index in [-0.39, 0.29) is 12.1 Å². The van der Waals surface area contributed by atoms with Crippen molar-refractivity contribution in [3.8, 4) is 0 Å². The first-order chi connectivity index (χ1) is 18.4. The van der Waals surface area contributed by atoms with Crippen molar-refractivity contribution >= 4 is 23.4 Å². The van der Waals surface area contributed by atoms with Crippen LogP contribution in [0, 0.1) is 18.8 Å². The van der Waals surface area contributed by atoms with Crippen LogP contribution in [0.5, 0.6) is 0 Å². The van der Waals surface area contributed by atoms with Crippen molar-refractivity contribution < 1.29 is 19.1 Å². The molecule has 0 saturated carbocycles. The average molecular weight is 535 g/mol. The van der Waals surface area contributed by atoms with Crippen LogP contribution in [0.25, 0.3) is 0 Å². The lowest BCUT2D eigenvalue weighted by atomic mass is 10.0. The molecular formula is C30H54N4O4. The molecular weight excluding hydrogens is 480 g/mol. The van der Waals surface area contributed by atoms with Gasteiger partial charge in [0.15, 0.2) is 0 Å². The Morgan fingerprint density at radius 1 is 0.816 bits per heavy atom. The van der Waals surface area contributed by atoms with Crippen LogP contribution in [0.3, 0.4) is 0 Å². The van der Waals surface area contributed by atoms with Gasteiger partial charge in [-0.2, -0.15) is 0 Å². The van der Waals surface area contributed by atoms with Crippen molar-refractivity contribution in [2.24, 2.45) is 11.8 Å². The molecule has 8 heteroatoms. The predicted molar refractivity (Wildman–Crippen MR) is 158 cm³/mol. The van der Waals surface area contributed by atoms with Gasteiger partial charge in [0.05, 0.1) is 0 Å². The molecule has 8 nitrogen and oxygen atoms in total. The van der Waals surface area contributed by atoms with Crippen LogP contribution in [0.2, 0.25) is 0 Å². The van der Waals surface area contributed by atoms with E-state index >= 15 is 0 Å². The van der Waals surface area contributed by atoms with Gasteiger partial charge in [0, 0.05) is 50.9 Å². The van der Waals surface area contributed by atoms with Crippen LogP contribution in [0.1, 0.15) is 91.0 Å². The second kappa shape index (κ2) is 21.6. The smallest absolute Gasteiger partial charge is 0.319 e. The van der Waals surface area contributed by atoms with E-state index in [1.165, 1.54) is 38.5 Å². The second-order valence-electron chi connectivity index (χ2n) is 10.3. The van der Waals surface area contributed by atoms with Gasteiger partial charge in [-0.25, -0.2) is 9.59 Å². The highest BCUT2D eigenvalue weighted by molar-refractivity contribution is 5.93. The van der Waals surface area contributed by atoms with E-state index in [4.69, 9.17) is 9.47 Å². The molecule has 1 aromatic rings. The van der Waals surface area contributed by atoms with E-state index in [1.807, 2.05) is 19.1 Å². The Morgan fingerprint density at radius 2 is 1.42 bits per heavy atom. The van der Waals surface area contributed by atoms with Crippen LogP contribution in [0.15, 0.2) is 18.2 Å². The molecule has 2 atom stereocenters. The Labute approximate surface area is 231 Å². The first-order valence-electron chi connectivity index (χ1n) is 14.7. The quantitative estimate of drug-likeness (QED) is 0.126. The van der Waals surface area contributed by atoms with E-state index < -0.39 is 0 Å². The number of benzene rings is 1. The SMILES string of the molecule is CCCCC(C)COCCCNC(=O)Nc1cc(NC(=O)NCCCOCC(CC)CCCC)ccc1C. The van der Waals surface area contributed by atoms with Crippen molar-refractivity contribution in [3.05, 3.63) is 23.8 Å². The Morgan fingerprint density at radius 3 is 2.05 bits per heavy atom. The number of hydrogen-bond donors (Lipinski definition) is 4. The molecule has 4 N–H and O–H groups in total. The van der Waals surface area contributed by atoms with Crippen LogP contribution >= 0.6 is 0 Å². The van der Waals surface area contributed by atoms with E-state index in [0.29, 0.717) is 49.5 Å². The zero-order valence-electron chi connectivity index (χ0n) is 24.6. The van der Waals surface area contributed by atoms with Gasteiger partial charge in [-0.1, -0.05) is 65.9 Å². The first kappa shape index (κ1) is 33.7. The predicted octanol–water partition coefficient (Wildman–Crippen LogP) is 7.09. The topological polar surface area (TPSA) is 101 Å². The summed E-state index contributed by atoms with van der Waals surface area (Å²) in [6.45, 7) is 14.7. The molecule has 38 heavy (non-hydrogen) atoms. The summed E-state index contributed by atoms with van der Waals surface area (Å²) in [7, 11) is 0. The highest BCUT2D eigenvalue weighted by Gasteiger charge is 2.09. The van der Waals surface area contributed by atoms with Gasteiger partial charge in [-0.05, 0) is 62.1 Å². The highest BCUT2D eigenvalue weighted by atomic mass is 16.5.